The number of aromatic carboxylic acids is 1. The molecule has 0 saturated carbocycles. The topological polar surface area (TPSA) is 142 Å². The van der Waals surface area contributed by atoms with Gasteiger partial charge in [-0.2, -0.15) is 0 Å². The first-order valence-electron chi connectivity index (χ1n) is 12.2. The fraction of sp³-hybridized carbons (Fsp3) is 0.385. The summed E-state index contributed by atoms with van der Waals surface area (Å²) in [5, 5.41) is 24.1. The van der Waals surface area contributed by atoms with Crippen molar-refractivity contribution in [1.82, 2.24) is 15.1 Å². The van der Waals surface area contributed by atoms with E-state index in [4.69, 9.17) is 28.6 Å². The third kappa shape index (κ3) is 7.01. The van der Waals surface area contributed by atoms with Gasteiger partial charge in [0, 0.05) is 24.7 Å². The fourth-order valence-corrected chi connectivity index (χ4v) is 4.89. The maximum Gasteiger partial charge on any atom is 0.342 e. The van der Waals surface area contributed by atoms with Gasteiger partial charge in [0.05, 0.1) is 35.5 Å². The van der Waals surface area contributed by atoms with E-state index in [0.717, 1.165) is 17.0 Å². The van der Waals surface area contributed by atoms with E-state index in [-0.39, 0.29) is 19.5 Å². The predicted molar refractivity (Wildman–Crippen MR) is 148 cm³/mol. The average Bonchev–Trinajstić information content (AvgIpc) is 2.99. The summed E-state index contributed by atoms with van der Waals surface area (Å²) in [6, 6.07) is 7.39. The number of nitro benzene ring substituents is 1. The van der Waals surface area contributed by atoms with Crippen LogP contribution in [0.2, 0.25) is 5.02 Å². The van der Waals surface area contributed by atoms with E-state index in [1.165, 1.54) is 13.2 Å². The number of nitro groups is 1. The molecule has 1 fully saturated rings. The van der Waals surface area contributed by atoms with Gasteiger partial charge < -0.3 is 20.1 Å². The van der Waals surface area contributed by atoms with Gasteiger partial charge in [-0.1, -0.05) is 43.2 Å². The van der Waals surface area contributed by atoms with E-state index in [9.17, 15) is 29.6 Å². The number of thiocarbonyl (C=S) groups is 1. The summed E-state index contributed by atoms with van der Waals surface area (Å²) in [5.41, 5.74) is 0.0175. The molecule has 1 aliphatic heterocycles. The lowest BCUT2D eigenvalue weighted by Crippen LogP contribution is -2.48. The molecular weight excluding hydrogens is 548 g/mol. The van der Waals surface area contributed by atoms with Crippen LogP contribution in [0, 0.1) is 16.0 Å². The normalized spacial score (nSPS) is 16.5. The van der Waals surface area contributed by atoms with Gasteiger partial charge >= 0.3 is 12.0 Å². The number of carbonyl (C=O) groups excluding carboxylic acids is 2. The quantitative estimate of drug-likeness (QED) is 0.251. The molecule has 0 spiro atoms. The Morgan fingerprint density at radius 3 is 2.64 bits per heavy atom. The van der Waals surface area contributed by atoms with E-state index in [1.807, 2.05) is 6.92 Å². The molecular formula is C26H29ClN4O7S. The minimum atomic E-state index is -1.43. The second-order valence-electron chi connectivity index (χ2n) is 9.19. The zero-order valence-corrected chi connectivity index (χ0v) is 23.3. The standard InChI is InChI=1S/C26H29ClN4O7S/c1-4-5-20(15-6-8-19(25(33)34)21(12-15)31(36)37)28-26(35)30-14-23(39)29(2)13-17(24(30)32)10-16-11-18(27)7-9-22(16)38-3/h6-9,11-12,17,20H,4-5,10,13-14H2,1-3H3,(H,28,35)(H,33,34)/t17-,20+/m0/s1. The lowest BCUT2D eigenvalue weighted by atomic mass is 9.97. The van der Waals surface area contributed by atoms with Crippen molar-refractivity contribution in [2.24, 2.45) is 5.92 Å². The van der Waals surface area contributed by atoms with Crippen molar-refractivity contribution >= 4 is 52.4 Å². The maximum atomic E-state index is 13.7. The molecule has 3 amide bonds. The number of imide groups is 1. The average molecular weight is 577 g/mol. The van der Waals surface area contributed by atoms with Crippen LogP contribution in [0.5, 0.6) is 5.75 Å². The van der Waals surface area contributed by atoms with Gasteiger partial charge in [0.1, 0.15) is 11.3 Å². The number of benzene rings is 2. The molecule has 1 heterocycles. The highest BCUT2D eigenvalue weighted by molar-refractivity contribution is 7.80. The highest BCUT2D eigenvalue weighted by atomic mass is 35.5. The summed E-state index contributed by atoms with van der Waals surface area (Å²) in [7, 11) is 3.27. The molecule has 3 rings (SSSR count). The first-order chi connectivity index (χ1) is 18.5. The summed E-state index contributed by atoms with van der Waals surface area (Å²) in [6.07, 6.45) is 1.25. The third-order valence-corrected chi connectivity index (χ3v) is 7.18. The lowest BCUT2D eigenvalue weighted by molar-refractivity contribution is -0.385. The number of amides is 3. The summed E-state index contributed by atoms with van der Waals surface area (Å²) in [4.78, 5) is 52.5. The van der Waals surface area contributed by atoms with Crippen molar-refractivity contribution in [2.45, 2.75) is 32.2 Å². The SMILES string of the molecule is CCC[C@@H](NC(=O)N1CC(=S)N(C)C[C@H](Cc2cc(Cl)ccc2OC)C1=O)c1ccc(C(=O)O)c([N+](=O)[O-])c1. The molecule has 0 bridgehead atoms. The Morgan fingerprint density at radius 1 is 1.31 bits per heavy atom. The molecule has 208 valence electrons. The number of hydrogen-bond donors (Lipinski definition) is 2. The number of halogens is 1. The molecule has 2 aromatic carbocycles. The second kappa shape index (κ2) is 12.9. The minimum Gasteiger partial charge on any atom is -0.496 e. The Hall–Kier alpha value is -3.77. The molecule has 0 unspecified atom stereocenters. The number of ether oxygens (including phenoxy) is 1. The van der Waals surface area contributed by atoms with Gasteiger partial charge in [0.2, 0.25) is 5.91 Å². The summed E-state index contributed by atoms with van der Waals surface area (Å²) < 4.78 is 5.42. The Kier molecular flexibility index (Phi) is 9.81. The number of urea groups is 1. The van der Waals surface area contributed by atoms with Crippen LogP contribution in [0.3, 0.4) is 0 Å². The van der Waals surface area contributed by atoms with Gasteiger partial charge in [-0.05, 0) is 48.2 Å². The van der Waals surface area contributed by atoms with Crippen molar-refractivity contribution in [3.05, 3.63) is 68.2 Å². The van der Waals surface area contributed by atoms with Gasteiger partial charge in [-0.25, -0.2) is 9.59 Å². The first kappa shape index (κ1) is 29.8. The molecule has 39 heavy (non-hydrogen) atoms. The number of carbonyl (C=O) groups is 3. The number of likely N-dealkylation sites (N-methyl/N-ethyl adjacent to an activating group) is 1. The number of rotatable bonds is 9. The molecule has 1 saturated heterocycles. The van der Waals surface area contributed by atoms with E-state index in [0.29, 0.717) is 39.7 Å². The molecule has 11 nitrogen and oxygen atoms in total. The summed E-state index contributed by atoms with van der Waals surface area (Å²) in [6.45, 7) is 2.03. The van der Waals surface area contributed by atoms with Crippen LogP contribution >= 0.6 is 23.8 Å². The largest absolute Gasteiger partial charge is 0.496 e. The Bertz CT molecular complexity index is 1310. The van der Waals surface area contributed by atoms with Crippen molar-refractivity contribution in [1.29, 1.82) is 0 Å². The monoisotopic (exact) mass is 576 g/mol. The van der Waals surface area contributed by atoms with E-state index < -0.39 is 46.0 Å². The van der Waals surface area contributed by atoms with Crippen LogP contribution in [0.15, 0.2) is 36.4 Å². The Balaban J connectivity index is 1.91. The van der Waals surface area contributed by atoms with Gasteiger partial charge in [0.25, 0.3) is 5.69 Å². The Labute approximate surface area is 235 Å². The molecule has 2 aromatic rings. The van der Waals surface area contributed by atoms with Crippen LogP contribution < -0.4 is 10.1 Å². The van der Waals surface area contributed by atoms with E-state index in [2.05, 4.69) is 5.32 Å². The van der Waals surface area contributed by atoms with Crippen LogP contribution in [0.1, 0.15) is 47.3 Å². The minimum absolute atomic E-state index is 0.114. The molecule has 2 atom stereocenters. The number of carboxylic acids is 1. The van der Waals surface area contributed by atoms with Gasteiger partial charge in [-0.15, -0.1) is 0 Å². The first-order valence-corrected chi connectivity index (χ1v) is 12.9. The lowest BCUT2D eigenvalue weighted by Gasteiger charge is -2.26. The number of hydrogen-bond acceptors (Lipinski definition) is 7. The summed E-state index contributed by atoms with van der Waals surface area (Å²) in [5.74, 6) is -1.95. The fourth-order valence-electron chi connectivity index (χ4n) is 4.50. The number of nitrogens with zero attached hydrogens (tertiary/aromatic N) is 3. The highest BCUT2D eigenvalue weighted by Crippen LogP contribution is 2.29. The maximum absolute atomic E-state index is 13.7. The Morgan fingerprint density at radius 2 is 2.03 bits per heavy atom. The smallest absolute Gasteiger partial charge is 0.342 e. The molecule has 0 aliphatic carbocycles. The van der Waals surface area contributed by atoms with E-state index in [1.54, 1.807) is 30.1 Å². The van der Waals surface area contributed by atoms with Gasteiger partial charge in [0.15, 0.2) is 0 Å². The van der Waals surface area contributed by atoms with E-state index >= 15 is 0 Å². The molecule has 13 heteroatoms. The number of methoxy groups -OCH3 is 1. The third-order valence-electron chi connectivity index (χ3n) is 6.51. The number of carboxylic acid groups (broad SMARTS) is 1. The van der Waals surface area contributed by atoms with Crippen LogP contribution in [-0.4, -0.2) is 70.0 Å². The molecule has 1 aliphatic rings. The highest BCUT2D eigenvalue weighted by Gasteiger charge is 2.36. The van der Waals surface area contributed by atoms with Gasteiger partial charge in [-0.3, -0.25) is 19.8 Å². The zero-order chi connectivity index (χ0) is 28.9. The molecule has 0 radical (unpaired) electrons. The van der Waals surface area contributed by atoms with Crippen LogP contribution in [0.25, 0.3) is 0 Å². The van der Waals surface area contributed by atoms with Crippen molar-refractivity contribution in [2.75, 3.05) is 27.2 Å². The van der Waals surface area contributed by atoms with Crippen molar-refractivity contribution in [3.63, 3.8) is 0 Å². The molecule has 2 N–H and O–H groups in total. The van der Waals surface area contributed by atoms with Crippen molar-refractivity contribution in [3.8, 4) is 5.75 Å². The second-order valence-corrected chi connectivity index (χ2v) is 10.1. The van der Waals surface area contributed by atoms with Crippen LogP contribution in [-0.2, 0) is 11.2 Å². The van der Waals surface area contributed by atoms with Crippen LogP contribution in [0.4, 0.5) is 10.5 Å². The zero-order valence-electron chi connectivity index (χ0n) is 21.7. The summed E-state index contributed by atoms with van der Waals surface area (Å²) >= 11 is 11.6. The molecule has 0 aromatic heterocycles. The predicted octanol–water partition coefficient (Wildman–Crippen LogP) is 4.47. The number of nitrogens with one attached hydrogen (secondary N) is 1. The van der Waals surface area contributed by atoms with Crippen molar-refractivity contribution < 1.29 is 29.2 Å².